The Morgan fingerprint density at radius 1 is 0.759 bits per heavy atom. The van der Waals surface area contributed by atoms with Gasteiger partial charge in [0.25, 0.3) is 0 Å². The molecule has 4 heteroatoms. The number of hydrogen-bond donors (Lipinski definition) is 1. The van der Waals surface area contributed by atoms with Gasteiger partial charge in [0, 0.05) is 33.3 Å². The third-order valence-electron chi connectivity index (χ3n) is 10.8. The summed E-state index contributed by atoms with van der Waals surface area (Å²) in [5.74, 6) is 0.817. The first-order valence-corrected chi connectivity index (χ1v) is 19.2. The number of allylic oxidation sites excluding steroid dienone is 6. The molecule has 5 aromatic carbocycles. The van der Waals surface area contributed by atoms with E-state index in [1.54, 1.807) is 6.08 Å². The van der Waals surface area contributed by atoms with E-state index in [-0.39, 0.29) is 6.04 Å². The van der Waals surface area contributed by atoms with E-state index in [4.69, 9.17) is 4.99 Å². The van der Waals surface area contributed by atoms with Crippen molar-refractivity contribution in [3.8, 4) is 22.3 Å². The summed E-state index contributed by atoms with van der Waals surface area (Å²) >= 11 is 1.87. The summed E-state index contributed by atoms with van der Waals surface area (Å²) in [6.07, 6.45) is 19.4. The molecular weight excluding hydrogens is 675 g/mol. The first-order chi connectivity index (χ1) is 26.6. The van der Waals surface area contributed by atoms with Crippen molar-refractivity contribution in [3.05, 3.63) is 223 Å². The predicted octanol–water partition coefficient (Wildman–Crippen LogP) is 12.5. The zero-order valence-corrected chi connectivity index (χ0v) is 30.8. The van der Waals surface area contributed by atoms with Gasteiger partial charge in [0.15, 0.2) is 0 Å². The van der Waals surface area contributed by atoms with Crippen LogP contribution in [0.5, 0.6) is 0 Å². The van der Waals surface area contributed by atoms with Crippen LogP contribution in [0.4, 0.5) is 0 Å². The summed E-state index contributed by atoms with van der Waals surface area (Å²) in [6, 6.07) is 40.5. The summed E-state index contributed by atoms with van der Waals surface area (Å²) < 4.78 is 0. The molecule has 1 N–H and O–H groups in total. The van der Waals surface area contributed by atoms with Crippen molar-refractivity contribution in [1.29, 1.82) is 0 Å². The maximum Gasteiger partial charge on any atom is 0.128 e. The van der Waals surface area contributed by atoms with Gasteiger partial charge in [-0.2, -0.15) is 0 Å². The van der Waals surface area contributed by atoms with Gasteiger partial charge in [-0.15, -0.1) is 6.58 Å². The topological polar surface area (TPSA) is 37.3 Å². The number of aliphatic imine (C=N–C) groups is 1. The minimum atomic E-state index is -0.467. The lowest BCUT2D eigenvalue weighted by Gasteiger charge is -2.40. The Morgan fingerprint density at radius 2 is 1.50 bits per heavy atom. The van der Waals surface area contributed by atoms with E-state index in [0.29, 0.717) is 0 Å². The molecule has 6 aromatic rings. The Kier molecular flexibility index (Phi) is 8.69. The summed E-state index contributed by atoms with van der Waals surface area (Å²) in [6.45, 7) is 12.1. The number of amidine groups is 1. The molecule has 0 bridgehead atoms. The first kappa shape index (κ1) is 33.6. The predicted molar refractivity (Wildman–Crippen MR) is 227 cm³/mol. The zero-order valence-electron chi connectivity index (χ0n) is 30.0. The quantitative estimate of drug-likeness (QED) is 0.120. The summed E-state index contributed by atoms with van der Waals surface area (Å²) in [7, 11) is 0. The van der Waals surface area contributed by atoms with Crippen molar-refractivity contribution in [2.45, 2.75) is 34.1 Å². The van der Waals surface area contributed by atoms with E-state index in [1.165, 1.54) is 59.7 Å². The average molecular weight is 714 g/mol. The molecule has 1 spiro atoms. The van der Waals surface area contributed by atoms with Crippen molar-refractivity contribution in [2.24, 2.45) is 4.99 Å². The van der Waals surface area contributed by atoms with Crippen molar-refractivity contribution in [1.82, 2.24) is 10.3 Å². The second kappa shape index (κ2) is 14.0. The number of aromatic nitrogens is 1. The molecular formula is C50H39N3S. The van der Waals surface area contributed by atoms with Crippen LogP contribution in [0.1, 0.15) is 46.7 Å². The Balaban J connectivity index is 1.24. The number of rotatable bonds is 9. The molecule has 0 saturated carbocycles. The minimum absolute atomic E-state index is 0.188. The van der Waals surface area contributed by atoms with Gasteiger partial charge < -0.3 is 5.32 Å². The van der Waals surface area contributed by atoms with Crippen molar-refractivity contribution >= 4 is 28.4 Å². The van der Waals surface area contributed by atoms with Crippen LogP contribution in [0.25, 0.3) is 33.0 Å². The monoisotopic (exact) mass is 713 g/mol. The largest absolute Gasteiger partial charge is 0.340 e. The van der Waals surface area contributed by atoms with Gasteiger partial charge in [-0.3, -0.25) is 9.98 Å². The van der Waals surface area contributed by atoms with Crippen LogP contribution in [-0.4, -0.2) is 10.8 Å². The molecule has 0 fully saturated rings. The number of nitrogens with one attached hydrogen (secondary N) is 1. The van der Waals surface area contributed by atoms with E-state index in [1.807, 2.05) is 48.5 Å². The highest BCUT2D eigenvalue weighted by molar-refractivity contribution is 7.99. The van der Waals surface area contributed by atoms with Gasteiger partial charge >= 0.3 is 0 Å². The Labute approximate surface area is 321 Å². The van der Waals surface area contributed by atoms with Gasteiger partial charge in [-0.05, 0) is 104 Å². The van der Waals surface area contributed by atoms with E-state index in [9.17, 15) is 0 Å². The molecule has 1 aliphatic carbocycles. The van der Waals surface area contributed by atoms with Crippen LogP contribution < -0.4 is 5.32 Å². The van der Waals surface area contributed by atoms with Crippen LogP contribution in [0.15, 0.2) is 210 Å². The standard InChI is InChI=1S/C50H39N3S/c1-4-6-8-9-17-37-31-46(53-49(52-37)33(3)15-7-5-2)35-24-26-45-48(30-35)54-47-29-34(38-20-14-16-36-32-51-28-27-39(36)38)23-25-44(47)50(45)42-21-12-10-18-40(42)41-19-11-13-22-43(41)50/h4-6,8-14,16-32,46H,1-3,7,15H2,(H,52,53)/b8-6-,17-9+. The van der Waals surface area contributed by atoms with E-state index in [0.717, 1.165) is 40.9 Å². The number of fused-ring (bicyclic) bond motifs is 10. The molecule has 1 unspecified atom stereocenters. The fourth-order valence-corrected chi connectivity index (χ4v) is 9.64. The van der Waals surface area contributed by atoms with E-state index >= 15 is 0 Å². The molecule has 54 heavy (non-hydrogen) atoms. The van der Waals surface area contributed by atoms with Crippen LogP contribution in [0.3, 0.4) is 0 Å². The number of hydrogen-bond acceptors (Lipinski definition) is 4. The molecule has 3 heterocycles. The van der Waals surface area contributed by atoms with E-state index < -0.39 is 5.41 Å². The van der Waals surface area contributed by atoms with Gasteiger partial charge in [-0.25, -0.2) is 0 Å². The lowest BCUT2D eigenvalue weighted by Crippen LogP contribution is -2.32. The average Bonchev–Trinajstić information content (AvgIpc) is 3.51. The minimum Gasteiger partial charge on any atom is -0.340 e. The molecule has 3 aliphatic rings. The Hall–Kier alpha value is -6.23. The van der Waals surface area contributed by atoms with Gasteiger partial charge in [-0.1, -0.05) is 146 Å². The molecule has 260 valence electrons. The number of benzene rings is 5. The summed E-state index contributed by atoms with van der Waals surface area (Å²) in [4.78, 5) is 12.1. The maximum absolute atomic E-state index is 5.25. The first-order valence-electron chi connectivity index (χ1n) is 18.4. The van der Waals surface area contributed by atoms with Crippen LogP contribution >= 0.6 is 11.8 Å². The molecule has 1 atom stereocenters. The summed E-state index contributed by atoms with van der Waals surface area (Å²) in [5.41, 5.74) is 12.9. The normalized spacial score (nSPS) is 16.3. The molecule has 1 aromatic heterocycles. The van der Waals surface area contributed by atoms with Gasteiger partial charge in [0.2, 0.25) is 0 Å². The third kappa shape index (κ3) is 5.53. The van der Waals surface area contributed by atoms with Crippen molar-refractivity contribution in [2.75, 3.05) is 0 Å². The third-order valence-corrected chi connectivity index (χ3v) is 11.9. The SMILES string of the molecule is C=C/C=C\C=C\C1=CC(c2ccc3c(c2)Sc2cc(-c4cccc5cnccc45)ccc2C32c3ccccc3-c3ccccc32)N=C(C(=C)CCC=C)N1. The molecule has 0 saturated heterocycles. The second-order valence-corrected chi connectivity index (χ2v) is 15.0. The highest BCUT2D eigenvalue weighted by atomic mass is 32.2. The molecule has 3 nitrogen and oxygen atoms in total. The highest BCUT2D eigenvalue weighted by Crippen LogP contribution is 2.62. The lowest BCUT2D eigenvalue weighted by atomic mass is 9.67. The van der Waals surface area contributed by atoms with Crippen LogP contribution in [-0.2, 0) is 5.41 Å². The fourth-order valence-electron chi connectivity index (χ4n) is 8.36. The Bertz CT molecular complexity index is 2590. The number of nitrogens with zero attached hydrogens (tertiary/aromatic N) is 2. The van der Waals surface area contributed by atoms with E-state index in [2.05, 4.69) is 151 Å². The van der Waals surface area contributed by atoms with Crippen molar-refractivity contribution in [3.63, 3.8) is 0 Å². The smallest absolute Gasteiger partial charge is 0.128 e. The van der Waals surface area contributed by atoms with Crippen molar-refractivity contribution < 1.29 is 0 Å². The van der Waals surface area contributed by atoms with Gasteiger partial charge in [0.1, 0.15) is 5.84 Å². The second-order valence-electron chi connectivity index (χ2n) is 13.9. The fraction of sp³-hybridized carbons (Fsp3) is 0.0800. The van der Waals surface area contributed by atoms with Crippen LogP contribution in [0, 0.1) is 0 Å². The van der Waals surface area contributed by atoms with Gasteiger partial charge in [0.05, 0.1) is 11.5 Å². The highest BCUT2D eigenvalue weighted by Gasteiger charge is 2.50. The molecule has 0 amide bonds. The van der Waals surface area contributed by atoms with Crippen LogP contribution in [0.2, 0.25) is 0 Å². The molecule has 2 aliphatic heterocycles. The number of pyridine rings is 1. The molecule has 9 rings (SSSR count). The summed E-state index contributed by atoms with van der Waals surface area (Å²) in [5, 5.41) is 5.87. The maximum atomic E-state index is 5.25. The Morgan fingerprint density at radius 3 is 2.28 bits per heavy atom. The molecule has 0 radical (unpaired) electrons. The zero-order chi connectivity index (χ0) is 36.6. The lowest BCUT2D eigenvalue weighted by molar-refractivity contribution is 0.719.